The number of sulfonamides is 1. The predicted molar refractivity (Wildman–Crippen MR) is 131 cm³/mol. The highest BCUT2D eigenvalue weighted by Crippen LogP contribution is 2.35. The van der Waals surface area contributed by atoms with Gasteiger partial charge in [0.05, 0.1) is 23.1 Å². The molecule has 2 heterocycles. The van der Waals surface area contributed by atoms with Crippen molar-refractivity contribution >= 4 is 38.7 Å². The van der Waals surface area contributed by atoms with Gasteiger partial charge in [-0.15, -0.1) is 0 Å². The Kier molecular flexibility index (Phi) is 7.51. The van der Waals surface area contributed by atoms with Gasteiger partial charge >= 0.3 is 0 Å². The van der Waals surface area contributed by atoms with Crippen LogP contribution in [0.4, 0.5) is 6.01 Å². The lowest BCUT2D eigenvalue weighted by atomic mass is 10.0. The number of oxazole rings is 1. The van der Waals surface area contributed by atoms with E-state index in [4.69, 9.17) is 30.6 Å². The summed E-state index contributed by atoms with van der Waals surface area (Å²) in [5, 5.41) is 9.15. The van der Waals surface area contributed by atoms with Crippen LogP contribution < -0.4 is 19.9 Å². The van der Waals surface area contributed by atoms with Crippen molar-refractivity contribution in [2.24, 2.45) is 5.14 Å². The first-order chi connectivity index (χ1) is 16.3. The van der Waals surface area contributed by atoms with E-state index in [9.17, 15) is 8.42 Å². The molecule has 11 heteroatoms. The van der Waals surface area contributed by atoms with E-state index in [1.165, 1.54) is 12.1 Å². The van der Waals surface area contributed by atoms with E-state index >= 15 is 0 Å². The Morgan fingerprint density at radius 1 is 1.18 bits per heavy atom. The number of aromatic nitrogens is 1. The fourth-order valence-electron chi connectivity index (χ4n) is 4.05. The van der Waals surface area contributed by atoms with Crippen LogP contribution in [0.1, 0.15) is 32.3 Å². The lowest BCUT2D eigenvalue weighted by molar-refractivity contribution is 0.209. The molecular weight excluding hydrogens is 480 g/mol. The van der Waals surface area contributed by atoms with Gasteiger partial charge in [-0.2, -0.15) is 4.98 Å². The summed E-state index contributed by atoms with van der Waals surface area (Å²) in [5.41, 5.74) is 1.92. The largest absolute Gasteiger partial charge is 0.494 e. The average molecular weight is 509 g/mol. The van der Waals surface area contributed by atoms with Crippen LogP contribution in [0.25, 0.3) is 11.1 Å². The number of nitrogens with zero attached hydrogens (tertiary/aromatic N) is 2. The van der Waals surface area contributed by atoms with Crippen molar-refractivity contribution in [2.75, 3.05) is 31.6 Å². The summed E-state index contributed by atoms with van der Waals surface area (Å²) >= 11 is 6.61. The summed E-state index contributed by atoms with van der Waals surface area (Å²) in [5.74, 6) is 1.40. The highest BCUT2D eigenvalue weighted by atomic mass is 35.5. The molecule has 3 N–H and O–H groups in total. The van der Waals surface area contributed by atoms with Crippen molar-refractivity contribution in [1.82, 2.24) is 9.88 Å². The van der Waals surface area contributed by atoms with Crippen molar-refractivity contribution in [3.8, 4) is 11.5 Å². The molecule has 0 radical (unpaired) electrons. The molecule has 0 saturated carbocycles. The molecular formula is C23H29ClN4O5S. The number of primary sulfonamides is 1. The molecule has 9 nitrogen and oxygen atoms in total. The van der Waals surface area contributed by atoms with Crippen molar-refractivity contribution in [2.45, 2.75) is 44.2 Å². The standard InChI is InChI=1S/C23H29ClN4O5S/c1-3-31-17-11-15(22(24)21(12-17)32-4-2)14-28-9-7-16(8-10-28)26-23-27-19-13-18(34(25,29)30)5-6-20(19)33-23/h5-6,11-13,16H,3-4,7-10,14H2,1-2H3,(H,26,27)(H2,25,29,30). The summed E-state index contributed by atoms with van der Waals surface area (Å²) in [6.45, 7) is 7.41. The molecule has 1 aliphatic heterocycles. The average Bonchev–Trinajstić information content (AvgIpc) is 3.19. The highest BCUT2D eigenvalue weighted by Gasteiger charge is 2.23. The van der Waals surface area contributed by atoms with Crippen molar-refractivity contribution < 1.29 is 22.3 Å². The zero-order valence-electron chi connectivity index (χ0n) is 19.2. The molecule has 4 rings (SSSR count). The van der Waals surface area contributed by atoms with E-state index < -0.39 is 10.0 Å². The molecule has 1 saturated heterocycles. The Hall–Kier alpha value is -2.53. The van der Waals surface area contributed by atoms with Gasteiger partial charge in [-0.3, -0.25) is 4.90 Å². The summed E-state index contributed by atoms with van der Waals surface area (Å²) in [6.07, 6.45) is 1.78. The second-order valence-electron chi connectivity index (χ2n) is 8.15. The quantitative estimate of drug-likeness (QED) is 0.445. The third-order valence-corrected chi connectivity index (χ3v) is 7.04. The molecule has 0 spiro atoms. The Morgan fingerprint density at radius 3 is 2.59 bits per heavy atom. The van der Waals surface area contributed by atoms with Gasteiger partial charge in [0.2, 0.25) is 10.0 Å². The second-order valence-corrected chi connectivity index (χ2v) is 10.1. The fraction of sp³-hybridized carbons (Fsp3) is 0.435. The molecule has 0 bridgehead atoms. The minimum absolute atomic E-state index is 0.00715. The fourth-order valence-corrected chi connectivity index (χ4v) is 4.81. The number of piperidine rings is 1. The maximum Gasteiger partial charge on any atom is 0.295 e. The monoisotopic (exact) mass is 508 g/mol. The zero-order valence-corrected chi connectivity index (χ0v) is 20.8. The van der Waals surface area contributed by atoms with Gasteiger partial charge in [-0.05, 0) is 56.5 Å². The van der Waals surface area contributed by atoms with Crippen LogP contribution in [0, 0.1) is 0 Å². The molecule has 0 aliphatic carbocycles. The first kappa shape index (κ1) is 24.6. The van der Waals surface area contributed by atoms with Crippen LogP contribution >= 0.6 is 11.6 Å². The van der Waals surface area contributed by atoms with Crippen molar-refractivity contribution in [1.29, 1.82) is 0 Å². The van der Waals surface area contributed by atoms with Gasteiger partial charge in [-0.1, -0.05) is 11.6 Å². The van der Waals surface area contributed by atoms with Crippen LogP contribution in [0.5, 0.6) is 11.5 Å². The second kappa shape index (κ2) is 10.4. The Labute approximate surface area is 204 Å². The molecule has 1 fully saturated rings. The maximum absolute atomic E-state index is 11.6. The SMILES string of the molecule is CCOc1cc(CN2CCC(Nc3nc4cc(S(N)(=O)=O)ccc4o3)CC2)c(Cl)c(OCC)c1. The molecule has 184 valence electrons. The third-order valence-electron chi connectivity index (χ3n) is 5.70. The number of ether oxygens (including phenoxy) is 2. The Balaban J connectivity index is 1.38. The Bertz CT molecular complexity index is 1260. The summed E-state index contributed by atoms with van der Waals surface area (Å²) in [6, 6.07) is 8.76. The molecule has 0 unspecified atom stereocenters. The summed E-state index contributed by atoms with van der Waals surface area (Å²) < 4.78 is 40.2. The molecule has 2 aromatic carbocycles. The topological polar surface area (TPSA) is 120 Å². The van der Waals surface area contributed by atoms with Crippen LogP contribution in [-0.2, 0) is 16.6 Å². The molecule has 1 aliphatic rings. The number of anilines is 1. The number of hydrogen-bond acceptors (Lipinski definition) is 8. The van der Waals surface area contributed by atoms with Crippen molar-refractivity contribution in [3.05, 3.63) is 40.9 Å². The van der Waals surface area contributed by atoms with E-state index in [-0.39, 0.29) is 10.9 Å². The van der Waals surface area contributed by atoms with E-state index in [1.54, 1.807) is 6.07 Å². The number of benzene rings is 2. The molecule has 3 aromatic rings. The van der Waals surface area contributed by atoms with Gasteiger partial charge in [0, 0.05) is 31.7 Å². The number of nitrogens with one attached hydrogen (secondary N) is 1. The van der Waals surface area contributed by atoms with Gasteiger partial charge in [0.25, 0.3) is 6.01 Å². The van der Waals surface area contributed by atoms with E-state index in [0.29, 0.717) is 47.6 Å². The number of rotatable bonds is 9. The first-order valence-corrected chi connectivity index (χ1v) is 13.2. The third kappa shape index (κ3) is 5.75. The molecule has 0 atom stereocenters. The van der Waals surface area contributed by atoms with Gasteiger partial charge < -0.3 is 19.2 Å². The molecule has 0 amide bonds. The zero-order chi connectivity index (χ0) is 24.3. The first-order valence-electron chi connectivity index (χ1n) is 11.3. The number of hydrogen-bond donors (Lipinski definition) is 2. The van der Waals surface area contributed by atoms with Crippen molar-refractivity contribution in [3.63, 3.8) is 0 Å². The summed E-state index contributed by atoms with van der Waals surface area (Å²) in [7, 11) is -3.79. The molecule has 34 heavy (non-hydrogen) atoms. The minimum Gasteiger partial charge on any atom is -0.494 e. The van der Waals surface area contributed by atoms with Gasteiger partial charge in [-0.25, -0.2) is 13.6 Å². The van der Waals surface area contributed by atoms with E-state index in [2.05, 4.69) is 15.2 Å². The smallest absolute Gasteiger partial charge is 0.295 e. The normalized spacial score (nSPS) is 15.5. The number of likely N-dealkylation sites (tertiary alicyclic amines) is 1. The number of fused-ring (bicyclic) bond motifs is 1. The van der Waals surface area contributed by atoms with Crippen LogP contribution in [0.15, 0.2) is 39.6 Å². The highest BCUT2D eigenvalue weighted by molar-refractivity contribution is 7.89. The lowest BCUT2D eigenvalue weighted by Crippen LogP contribution is -2.38. The van der Waals surface area contributed by atoms with Crippen LogP contribution in [0.3, 0.4) is 0 Å². The van der Waals surface area contributed by atoms with Gasteiger partial charge in [0.15, 0.2) is 5.58 Å². The van der Waals surface area contributed by atoms with Crippen LogP contribution in [0.2, 0.25) is 5.02 Å². The number of halogens is 1. The minimum atomic E-state index is -3.79. The Morgan fingerprint density at radius 2 is 1.91 bits per heavy atom. The maximum atomic E-state index is 11.6. The van der Waals surface area contributed by atoms with Gasteiger partial charge in [0.1, 0.15) is 17.0 Å². The predicted octanol–water partition coefficient (Wildman–Crippen LogP) is 4.00. The van der Waals surface area contributed by atoms with E-state index in [1.807, 2.05) is 26.0 Å². The van der Waals surface area contributed by atoms with E-state index in [0.717, 1.165) is 37.2 Å². The summed E-state index contributed by atoms with van der Waals surface area (Å²) in [4.78, 5) is 6.73. The molecule has 1 aromatic heterocycles. The van der Waals surface area contributed by atoms with Crippen LogP contribution in [-0.4, -0.2) is 50.6 Å². The lowest BCUT2D eigenvalue weighted by Gasteiger charge is -2.32. The number of nitrogens with two attached hydrogens (primary N) is 1.